The van der Waals surface area contributed by atoms with Gasteiger partial charge >= 0.3 is 5.97 Å². The maximum absolute atomic E-state index is 12.1. The first kappa shape index (κ1) is 13.5. The molecule has 2 amide bonds. The van der Waals surface area contributed by atoms with Crippen molar-refractivity contribution in [1.29, 1.82) is 0 Å². The predicted molar refractivity (Wildman–Crippen MR) is 69.2 cm³/mol. The minimum Gasteiger partial charge on any atom is -0.480 e. The Morgan fingerprint density at radius 1 is 1.50 bits per heavy atom. The van der Waals surface area contributed by atoms with Crippen molar-refractivity contribution in [2.45, 2.75) is 18.3 Å². The highest BCUT2D eigenvalue weighted by molar-refractivity contribution is 8.00. The predicted octanol–water partition coefficient (Wildman–Crippen LogP) is -0.106. The van der Waals surface area contributed by atoms with Crippen molar-refractivity contribution in [3.63, 3.8) is 0 Å². The van der Waals surface area contributed by atoms with Crippen molar-refractivity contribution in [2.75, 3.05) is 23.9 Å². The Labute approximate surface area is 113 Å². The smallest absolute Gasteiger partial charge is 0.327 e. The van der Waals surface area contributed by atoms with Crippen LogP contribution in [0, 0.1) is 0 Å². The van der Waals surface area contributed by atoms with E-state index in [0.717, 1.165) is 0 Å². The van der Waals surface area contributed by atoms with E-state index in [1.807, 2.05) is 6.92 Å². The number of carbonyl (C=O) groups excluding carboxylic acids is 2. The molecule has 2 rings (SSSR count). The highest BCUT2D eigenvalue weighted by Crippen LogP contribution is 2.29. The molecule has 2 heterocycles. The molecule has 2 fully saturated rings. The molecule has 2 aliphatic heterocycles. The number of aliphatic carboxylic acids is 1. The van der Waals surface area contributed by atoms with Gasteiger partial charge in [-0.15, -0.1) is 23.5 Å². The highest BCUT2D eigenvalue weighted by Gasteiger charge is 2.40. The zero-order valence-corrected chi connectivity index (χ0v) is 11.5. The molecule has 0 bridgehead atoms. The van der Waals surface area contributed by atoms with E-state index in [2.05, 4.69) is 0 Å². The third-order valence-electron chi connectivity index (χ3n) is 2.95. The topological polar surface area (TPSA) is 77.9 Å². The molecule has 2 aliphatic rings. The van der Waals surface area contributed by atoms with Crippen LogP contribution in [-0.2, 0) is 14.4 Å². The molecule has 0 aromatic rings. The average molecular weight is 290 g/mol. The summed E-state index contributed by atoms with van der Waals surface area (Å²) in [7, 11) is 0. The van der Waals surface area contributed by atoms with Gasteiger partial charge in [0.25, 0.3) is 0 Å². The van der Waals surface area contributed by atoms with Gasteiger partial charge in [-0.2, -0.15) is 0 Å². The van der Waals surface area contributed by atoms with Gasteiger partial charge in [0.15, 0.2) is 0 Å². The molecule has 100 valence electrons. The molecular weight excluding hydrogens is 276 g/mol. The summed E-state index contributed by atoms with van der Waals surface area (Å²) < 4.78 is 0. The molecule has 1 N–H and O–H groups in total. The fraction of sp³-hybridized carbons (Fsp3) is 0.700. The quantitative estimate of drug-likeness (QED) is 0.782. The lowest BCUT2D eigenvalue weighted by Crippen LogP contribution is -2.49. The first-order chi connectivity index (χ1) is 8.50. The number of carboxylic acid groups (broad SMARTS) is 1. The van der Waals surface area contributed by atoms with Crippen LogP contribution in [0.4, 0.5) is 0 Å². The number of carboxylic acids is 1. The monoisotopic (exact) mass is 290 g/mol. The summed E-state index contributed by atoms with van der Waals surface area (Å²) in [5, 5.41) is 8.92. The third kappa shape index (κ3) is 2.59. The molecule has 2 atom stereocenters. The lowest BCUT2D eigenvalue weighted by atomic mass is 10.2. The summed E-state index contributed by atoms with van der Waals surface area (Å²) >= 11 is 2.91. The van der Waals surface area contributed by atoms with E-state index in [1.54, 1.807) is 0 Å². The number of rotatable bonds is 3. The average Bonchev–Trinajstić information content (AvgIpc) is 2.86. The fourth-order valence-electron chi connectivity index (χ4n) is 2.00. The SMILES string of the molecule is CC1SCC(C(=O)O)N1C(=O)CN1CSCC1=O. The van der Waals surface area contributed by atoms with Crippen molar-refractivity contribution >= 4 is 41.3 Å². The zero-order valence-electron chi connectivity index (χ0n) is 9.87. The van der Waals surface area contributed by atoms with E-state index >= 15 is 0 Å². The molecule has 0 saturated carbocycles. The maximum atomic E-state index is 12.1. The second-order valence-corrected chi connectivity index (χ2v) is 6.46. The van der Waals surface area contributed by atoms with Crippen molar-refractivity contribution in [3.05, 3.63) is 0 Å². The van der Waals surface area contributed by atoms with E-state index in [0.29, 0.717) is 17.4 Å². The molecule has 18 heavy (non-hydrogen) atoms. The molecule has 2 saturated heterocycles. The molecular formula is C10H14N2O4S2. The second kappa shape index (κ2) is 5.40. The lowest BCUT2D eigenvalue weighted by molar-refractivity contribution is -0.150. The Balaban J connectivity index is 2.02. The van der Waals surface area contributed by atoms with Crippen LogP contribution in [0.3, 0.4) is 0 Å². The van der Waals surface area contributed by atoms with Gasteiger partial charge < -0.3 is 14.9 Å². The Kier molecular flexibility index (Phi) is 4.06. The number of hydrogen-bond donors (Lipinski definition) is 1. The molecule has 6 nitrogen and oxygen atoms in total. The van der Waals surface area contributed by atoms with Crippen LogP contribution in [0.2, 0.25) is 0 Å². The summed E-state index contributed by atoms with van der Waals surface area (Å²) in [5.41, 5.74) is 0. The van der Waals surface area contributed by atoms with Gasteiger partial charge in [0.2, 0.25) is 11.8 Å². The molecule has 0 spiro atoms. The minimum absolute atomic E-state index is 0.0134. The minimum atomic E-state index is -0.984. The van der Waals surface area contributed by atoms with Crippen LogP contribution in [0.5, 0.6) is 0 Å². The number of nitrogens with zero attached hydrogens (tertiary/aromatic N) is 2. The van der Waals surface area contributed by atoms with Gasteiger partial charge in [-0.05, 0) is 6.92 Å². The van der Waals surface area contributed by atoms with Gasteiger partial charge in [0, 0.05) is 5.75 Å². The molecule has 8 heteroatoms. The number of carbonyl (C=O) groups is 3. The van der Waals surface area contributed by atoms with Gasteiger partial charge in [-0.3, -0.25) is 9.59 Å². The highest BCUT2D eigenvalue weighted by atomic mass is 32.2. The van der Waals surface area contributed by atoms with E-state index < -0.39 is 12.0 Å². The van der Waals surface area contributed by atoms with Crippen LogP contribution < -0.4 is 0 Å². The number of hydrogen-bond acceptors (Lipinski definition) is 5. The van der Waals surface area contributed by atoms with Crippen LogP contribution in [0.1, 0.15) is 6.92 Å². The summed E-state index contributed by atoms with van der Waals surface area (Å²) in [6.07, 6.45) is 0. The van der Waals surface area contributed by atoms with Gasteiger partial charge in [-0.25, -0.2) is 4.79 Å². The molecule has 0 radical (unpaired) electrons. The van der Waals surface area contributed by atoms with E-state index in [1.165, 1.54) is 33.3 Å². The standard InChI is InChI=1S/C10H14N2O4S2/c1-6-12(7(3-18-6)10(15)16)8(13)2-11-5-17-4-9(11)14/h6-7H,2-5H2,1H3,(H,15,16). The summed E-state index contributed by atoms with van der Waals surface area (Å²) in [6, 6.07) is -0.775. The Morgan fingerprint density at radius 2 is 2.22 bits per heavy atom. The van der Waals surface area contributed by atoms with E-state index in [9.17, 15) is 14.4 Å². The Hall–Kier alpha value is -0.890. The summed E-state index contributed by atoms with van der Waals surface area (Å²) in [5.74, 6) is 0.000498. The lowest BCUT2D eigenvalue weighted by Gasteiger charge is -2.27. The van der Waals surface area contributed by atoms with Gasteiger partial charge in [0.1, 0.15) is 12.6 Å². The Morgan fingerprint density at radius 3 is 2.78 bits per heavy atom. The number of thioether (sulfide) groups is 2. The van der Waals surface area contributed by atoms with Crippen molar-refractivity contribution in [1.82, 2.24) is 9.80 Å². The normalized spacial score (nSPS) is 27.9. The van der Waals surface area contributed by atoms with Gasteiger partial charge in [-0.1, -0.05) is 0 Å². The van der Waals surface area contributed by atoms with E-state index in [4.69, 9.17) is 5.11 Å². The maximum Gasteiger partial charge on any atom is 0.327 e. The van der Waals surface area contributed by atoms with Crippen molar-refractivity contribution < 1.29 is 19.5 Å². The van der Waals surface area contributed by atoms with Crippen molar-refractivity contribution in [3.8, 4) is 0 Å². The van der Waals surface area contributed by atoms with Crippen LogP contribution in [0.25, 0.3) is 0 Å². The van der Waals surface area contributed by atoms with Crippen LogP contribution in [0.15, 0.2) is 0 Å². The van der Waals surface area contributed by atoms with E-state index in [-0.39, 0.29) is 23.7 Å². The molecule has 0 aromatic carbocycles. The molecule has 2 unspecified atom stereocenters. The first-order valence-electron chi connectivity index (χ1n) is 5.52. The molecule has 0 aromatic heterocycles. The summed E-state index contributed by atoms with van der Waals surface area (Å²) in [6.45, 7) is 1.80. The third-order valence-corrected chi connectivity index (χ3v) is 5.11. The first-order valence-corrected chi connectivity index (χ1v) is 7.72. The van der Waals surface area contributed by atoms with Crippen LogP contribution in [-0.4, -0.2) is 68.0 Å². The number of amides is 2. The fourth-order valence-corrected chi connectivity index (χ4v) is 4.09. The van der Waals surface area contributed by atoms with Crippen molar-refractivity contribution in [2.24, 2.45) is 0 Å². The largest absolute Gasteiger partial charge is 0.480 e. The van der Waals surface area contributed by atoms with Crippen LogP contribution >= 0.6 is 23.5 Å². The summed E-state index contributed by atoms with van der Waals surface area (Å²) in [4.78, 5) is 37.5. The molecule has 0 aliphatic carbocycles. The second-order valence-electron chi connectivity index (χ2n) is 4.16. The Bertz CT molecular complexity index is 390. The van der Waals surface area contributed by atoms with Gasteiger partial charge in [0.05, 0.1) is 17.0 Å². The zero-order chi connectivity index (χ0) is 13.3.